The highest BCUT2D eigenvalue weighted by Gasteiger charge is 2.31. The zero-order valence-corrected chi connectivity index (χ0v) is 13.6. The number of rotatable bonds is 1. The molecule has 110 valence electrons. The number of piperidine rings is 1. The SMILES string of the molecule is CC(C)(C)C1CCN(C(=O)c2ccc(Cl)nc2Cl)CC1. The summed E-state index contributed by atoms with van der Waals surface area (Å²) in [6.07, 6.45) is 2.07. The van der Waals surface area contributed by atoms with Crippen LogP contribution >= 0.6 is 23.2 Å². The molecule has 1 aliphatic rings. The summed E-state index contributed by atoms with van der Waals surface area (Å²) >= 11 is 11.8. The third-order valence-corrected chi connectivity index (χ3v) is 4.55. The topological polar surface area (TPSA) is 33.2 Å². The van der Waals surface area contributed by atoms with Gasteiger partial charge in [0.15, 0.2) is 0 Å². The van der Waals surface area contributed by atoms with Crippen molar-refractivity contribution in [2.75, 3.05) is 13.1 Å². The number of carbonyl (C=O) groups excluding carboxylic acids is 1. The zero-order valence-electron chi connectivity index (χ0n) is 12.1. The van der Waals surface area contributed by atoms with Crippen molar-refractivity contribution >= 4 is 29.1 Å². The van der Waals surface area contributed by atoms with Gasteiger partial charge >= 0.3 is 0 Å². The van der Waals surface area contributed by atoms with Crippen LogP contribution in [0, 0.1) is 11.3 Å². The molecule has 1 saturated heterocycles. The number of carbonyl (C=O) groups is 1. The molecule has 1 aromatic heterocycles. The molecule has 0 bridgehead atoms. The third-order valence-electron chi connectivity index (χ3n) is 4.05. The highest BCUT2D eigenvalue weighted by atomic mass is 35.5. The van der Waals surface area contributed by atoms with Gasteiger partial charge in [0, 0.05) is 13.1 Å². The van der Waals surface area contributed by atoms with Crippen LogP contribution in [0.15, 0.2) is 12.1 Å². The first-order valence-electron chi connectivity index (χ1n) is 6.90. The van der Waals surface area contributed by atoms with E-state index in [0.717, 1.165) is 25.9 Å². The molecule has 0 spiro atoms. The molecule has 0 aromatic carbocycles. The van der Waals surface area contributed by atoms with Gasteiger partial charge in [0.1, 0.15) is 10.3 Å². The van der Waals surface area contributed by atoms with Crippen molar-refractivity contribution in [3.05, 3.63) is 28.0 Å². The summed E-state index contributed by atoms with van der Waals surface area (Å²) in [5.74, 6) is 0.608. The Balaban J connectivity index is 2.05. The molecular formula is C15H20Cl2N2O. The average Bonchev–Trinajstić information content (AvgIpc) is 2.37. The number of amides is 1. The quantitative estimate of drug-likeness (QED) is 0.725. The Kier molecular flexibility index (Phi) is 4.60. The fourth-order valence-electron chi connectivity index (χ4n) is 2.69. The number of pyridine rings is 1. The molecule has 0 aliphatic carbocycles. The number of hydrogen-bond donors (Lipinski definition) is 0. The second-order valence-corrected chi connectivity index (χ2v) is 7.15. The minimum atomic E-state index is -0.0495. The van der Waals surface area contributed by atoms with Gasteiger partial charge in [0.25, 0.3) is 5.91 Å². The van der Waals surface area contributed by atoms with Crippen LogP contribution in [0.25, 0.3) is 0 Å². The van der Waals surface area contributed by atoms with E-state index in [1.54, 1.807) is 12.1 Å². The van der Waals surface area contributed by atoms with E-state index >= 15 is 0 Å². The first kappa shape index (κ1) is 15.6. The normalized spacial score (nSPS) is 17.4. The van der Waals surface area contributed by atoms with Crippen LogP contribution in [0.5, 0.6) is 0 Å². The molecule has 5 heteroatoms. The van der Waals surface area contributed by atoms with Gasteiger partial charge in [-0.1, -0.05) is 44.0 Å². The van der Waals surface area contributed by atoms with Crippen molar-refractivity contribution in [2.24, 2.45) is 11.3 Å². The maximum atomic E-state index is 12.4. The Hall–Kier alpha value is -0.800. The molecule has 0 N–H and O–H groups in total. The van der Waals surface area contributed by atoms with Gasteiger partial charge in [-0.3, -0.25) is 4.79 Å². The Morgan fingerprint density at radius 2 is 1.85 bits per heavy atom. The summed E-state index contributed by atoms with van der Waals surface area (Å²) in [5, 5.41) is 0.485. The fourth-order valence-corrected chi connectivity index (χ4v) is 3.12. The predicted octanol–water partition coefficient (Wildman–Crippen LogP) is 4.29. The molecule has 0 unspecified atom stereocenters. The molecule has 0 radical (unpaired) electrons. The van der Waals surface area contributed by atoms with Crippen molar-refractivity contribution in [1.82, 2.24) is 9.88 Å². The minimum Gasteiger partial charge on any atom is -0.339 e. The van der Waals surface area contributed by atoms with Crippen LogP contribution in [-0.4, -0.2) is 28.9 Å². The van der Waals surface area contributed by atoms with Crippen LogP contribution in [0.2, 0.25) is 10.3 Å². The van der Waals surface area contributed by atoms with E-state index < -0.39 is 0 Å². The first-order chi connectivity index (χ1) is 9.29. The van der Waals surface area contributed by atoms with Crippen LogP contribution in [-0.2, 0) is 0 Å². The minimum absolute atomic E-state index is 0.0495. The number of hydrogen-bond acceptors (Lipinski definition) is 2. The lowest BCUT2D eigenvalue weighted by Crippen LogP contribution is -2.41. The molecule has 3 nitrogen and oxygen atoms in total. The van der Waals surface area contributed by atoms with Crippen LogP contribution in [0.4, 0.5) is 0 Å². The summed E-state index contributed by atoms with van der Waals surface area (Å²) in [4.78, 5) is 18.2. The lowest BCUT2D eigenvalue weighted by Gasteiger charge is -2.38. The summed E-state index contributed by atoms with van der Waals surface area (Å²) in [6.45, 7) is 8.33. The van der Waals surface area contributed by atoms with Gasteiger partial charge in [-0.2, -0.15) is 0 Å². The molecule has 1 fully saturated rings. The highest BCUT2D eigenvalue weighted by molar-refractivity contribution is 6.34. The largest absolute Gasteiger partial charge is 0.339 e. The molecule has 20 heavy (non-hydrogen) atoms. The number of nitrogens with zero attached hydrogens (tertiary/aromatic N) is 2. The summed E-state index contributed by atoms with van der Waals surface area (Å²) in [6, 6.07) is 3.25. The average molecular weight is 315 g/mol. The van der Waals surface area contributed by atoms with E-state index in [-0.39, 0.29) is 11.1 Å². The molecule has 1 aromatic rings. The third kappa shape index (κ3) is 3.44. The first-order valence-corrected chi connectivity index (χ1v) is 7.66. The standard InChI is InChI=1S/C15H20Cl2N2O/c1-15(2,3)10-6-8-19(9-7-10)14(20)11-4-5-12(16)18-13(11)17/h4-5,10H,6-9H2,1-3H3. The van der Waals surface area contributed by atoms with Crippen molar-refractivity contribution < 1.29 is 4.79 Å². The maximum absolute atomic E-state index is 12.4. The van der Waals surface area contributed by atoms with Crippen LogP contribution < -0.4 is 0 Å². The Labute approximate surface area is 130 Å². The van der Waals surface area contributed by atoms with Crippen LogP contribution in [0.3, 0.4) is 0 Å². The Morgan fingerprint density at radius 1 is 1.25 bits per heavy atom. The maximum Gasteiger partial charge on any atom is 0.256 e. The molecule has 2 heterocycles. The summed E-state index contributed by atoms with van der Waals surface area (Å²) < 4.78 is 0. The van der Waals surface area contributed by atoms with Gasteiger partial charge in [-0.05, 0) is 36.3 Å². The molecule has 0 atom stereocenters. The van der Waals surface area contributed by atoms with E-state index in [9.17, 15) is 4.79 Å². The van der Waals surface area contributed by atoms with E-state index in [1.807, 2.05) is 4.90 Å². The molecule has 0 saturated carbocycles. The highest BCUT2D eigenvalue weighted by Crippen LogP contribution is 2.34. The lowest BCUT2D eigenvalue weighted by atomic mass is 9.75. The monoisotopic (exact) mass is 314 g/mol. The van der Waals surface area contributed by atoms with E-state index in [4.69, 9.17) is 23.2 Å². The summed E-state index contributed by atoms with van der Waals surface area (Å²) in [5.41, 5.74) is 0.736. The van der Waals surface area contributed by atoms with Gasteiger partial charge < -0.3 is 4.90 Å². The number of halogens is 2. The Morgan fingerprint density at radius 3 is 2.35 bits per heavy atom. The van der Waals surface area contributed by atoms with E-state index in [2.05, 4.69) is 25.8 Å². The zero-order chi connectivity index (χ0) is 14.9. The van der Waals surface area contributed by atoms with Crippen molar-refractivity contribution in [1.29, 1.82) is 0 Å². The second-order valence-electron chi connectivity index (χ2n) is 6.40. The van der Waals surface area contributed by atoms with E-state index in [0.29, 0.717) is 22.0 Å². The van der Waals surface area contributed by atoms with Crippen LogP contribution in [0.1, 0.15) is 44.0 Å². The number of likely N-dealkylation sites (tertiary alicyclic amines) is 1. The Bertz CT molecular complexity index is 503. The molecular weight excluding hydrogens is 295 g/mol. The molecule has 1 aliphatic heterocycles. The van der Waals surface area contributed by atoms with Crippen molar-refractivity contribution in [3.63, 3.8) is 0 Å². The fraction of sp³-hybridized carbons (Fsp3) is 0.600. The van der Waals surface area contributed by atoms with Crippen molar-refractivity contribution in [2.45, 2.75) is 33.6 Å². The smallest absolute Gasteiger partial charge is 0.256 e. The number of aromatic nitrogens is 1. The van der Waals surface area contributed by atoms with Gasteiger partial charge in [-0.15, -0.1) is 0 Å². The molecule has 2 rings (SSSR count). The van der Waals surface area contributed by atoms with Gasteiger partial charge in [0.05, 0.1) is 5.56 Å². The molecule has 1 amide bonds. The van der Waals surface area contributed by atoms with E-state index in [1.165, 1.54) is 0 Å². The van der Waals surface area contributed by atoms with Crippen molar-refractivity contribution in [3.8, 4) is 0 Å². The predicted molar refractivity (Wildman–Crippen MR) is 82.3 cm³/mol. The van der Waals surface area contributed by atoms with Gasteiger partial charge in [0.2, 0.25) is 0 Å². The van der Waals surface area contributed by atoms with Gasteiger partial charge in [-0.25, -0.2) is 4.98 Å². The second kappa shape index (κ2) is 5.90. The lowest BCUT2D eigenvalue weighted by molar-refractivity contribution is 0.0608. The summed E-state index contributed by atoms with van der Waals surface area (Å²) in [7, 11) is 0.